The smallest absolute Gasteiger partial charge is 0.122 e. The van der Waals surface area contributed by atoms with E-state index in [1.165, 1.54) is 5.56 Å². The van der Waals surface area contributed by atoms with Crippen molar-refractivity contribution in [3.63, 3.8) is 0 Å². The number of nitrogens with zero attached hydrogens (tertiary/aromatic N) is 1. The Morgan fingerprint density at radius 1 is 1.09 bits per heavy atom. The largest absolute Gasteiger partial charge is 0.496 e. The molecule has 0 aliphatic carbocycles. The normalized spacial score (nSPS) is 12.0. The average Bonchev–Trinajstić information content (AvgIpc) is 2.53. The molecule has 0 spiro atoms. The molecule has 2 nitrogen and oxygen atoms in total. The molecule has 0 saturated carbocycles. The summed E-state index contributed by atoms with van der Waals surface area (Å²) in [5.41, 5.74) is 3.29. The molecule has 2 aromatic rings. The molecule has 0 aliphatic rings. The molecule has 0 bridgehead atoms. The Kier molecular flexibility index (Phi) is 5.46. The van der Waals surface area contributed by atoms with Gasteiger partial charge in [-0.25, -0.2) is 0 Å². The molecular weight excluding hydrogens is 294 g/mol. The van der Waals surface area contributed by atoms with Gasteiger partial charge in [0.25, 0.3) is 0 Å². The first-order valence-corrected chi connectivity index (χ1v) is 7.74. The third-order valence-electron chi connectivity index (χ3n) is 3.82. The molecule has 114 valence electrons. The highest BCUT2D eigenvalue weighted by atomic mass is 35.5. The summed E-state index contributed by atoms with van der Waals surface area (Å²) in [6.07, 6.45) is 0.627. The Hall–Kier alpha value is -1.98. The van der Waals surface area contributed by atoms with Gasteiger partial charge < -0.3 is 4.74 Å². The quantitative estimate of drug-likeness (QED) is 0.748. The number of methoxy groups -OCH3 is 1. The lowest BCUT2D eigenvalue weighted by atomic mass is 9.90. The Labute approximate surface area is 137 Å². The van der Waals surface area contributed by atoms with Crippen LogP contribution in [0.1, 0.15) is 42.4 Å². The zero-order valence-electron chi connectivity index (χ0n) is 13.1. The second-order valence-corrected chi connectivity index (χ2v) is 6.10. The molecule has 2 rings (SSSR count). The highest BCUT2D eigenvalue weighted by Gasteiger charge is 2.15. The van der Waals surface area contributed by atoms with Crippen LogP contribution in [0.15, 0.2) is 42.5 Å². The summed E-state index contributed by atoms with van der Waals surface area (Å²) in [5.74, 6) is 1.06. The first kappa shape index (κ1) is 16.4. The maximum atomic E-state index is 9.53. The highest BCUT2D eigenvalue weighted by Crippen LogP contribution is 2.29. The molecule has 0 aliphatic heterocycles. The van der Waals surface area contributed by atoms with Crippen LogP contribution in [0.2, 0.25) is 5.02 Å². The maximum absolute atomic E-state index is 9.53. The molecule has 22 heavy (non-hydrogen) atoms. The number of rotatable bonds is 5. The van der Waals surface area contributed by atoms with Crippen LogP contribution in [-0.2, 0) is 6.42 Å². The molecule has 2 aromatic carbocycles. The Morgan fingerprint density at radius 3 is 2.27 bits per heavy atom. The lowest BCUT2D eigenvalue weighted by Crippen LogP contribution is -2.03. The minimum Gasteiger partial charge on any atom is -0.496 e. The van der Waals surface area contributed by atoms with E-state index in [1.807, 2.05) is 30.3 Å². The van der Waals surface area contributed by atoms with Gasteiger partial charge in [-0.15, -0.1) is 0 Å². The summed E-state index contributed by atoms with van der Waals surface area (Å²) < 4.78 is 5.45. The molecule has 0 saturated heterocycles. The van der Waals surface area contributed by atoms with Crippen molar-refractivity contribution in [2.75, 3.05) is 7.11 Å². The molecule has 0 heterocycles. The topological polar surface area (TPSA) is 33.0 Å². The van der Waals surface area contributed by atoms with Gasteiger partial charge in [0.05, 0.1) is 19.1 Å². The van der Waals surface area contributed by atoms with Crippen molar-refractivity contribution in [3.8, 4) is 11.8 Å². The molecule has 0 aromatic heterocycles. The second kappa shape index (κ2) is 7.33. The zero-order chi connectivity index (χ0) is 16.1. The van der Waals surface area contributed by atoms with Gasteiger partial charge in [-0.05, 0) is 47.2 Å². The van der Waals surface area contributed by atoms with Crippen LogP contribution in [0, 0.1) is 11.3 Å². The van der Waals surface area contributed by atoms with Gasteiger partial charge in [0.15, 0.2) is 0 Å². The Balaban J connectivity index is 2.32. The van der Waals surface area contributed by atoms with Gasteiger partial charge in [0.2, 0.25) is 0 Å². The highest BCUT2D eigenvalue weighted by molar-refractivity contribution is 6.30. The van der Waals surface area contributed by atoms with Gasteiger partial charge >= 0.3 is 0 Å². The number of hydrogen-bond acceptors (Lipinski definition) is 2. The number of halogens is 1. The van der Waals surface area contributed by atoms with Crippen molar-refractivity contribution >= 4 is 11.6 Å². The van der Waals surface area contributed by atoms with E-state index >= 15 is 0 Å². The van der Waals surface area contributed by atoms with Gasteiger partial charge in [-0.1, -0.05) is 49.7 Å². The fourth-order valence-corrected chi connectivity index (χ4v) is 2.60. The zero-order valence-corrected chi connectivity index (χ0v) is 13.9. The van der Waals surface area contributed by atoms with Crippen LogP contribution in [0.5, 0.6) is 5.75 Å². The Bertz CT molecular complexity index is 671. The number of nitriles is 1. The van der Waals surface area contributed by atoms with E-state index in [4.69, 9.17) is 16.3 Å². The van der Waals surface area contributed by atoms with Crippen LogP contribution < -0.4 is 4.74 Å². The monoisotopic (exact) mass is 313 g/mol. The summed E-state index contributed by atoms with van der Waals surface area (Å²) >= 11 is 5.92. The van der Waals surface area contributed by atoms with Crippen molar-refractivity contribution in [3.05, 3.63) is 64.2 Å². The van der Waals surface area contributed by atoms with Crippen molar-refractivity contribution < 1.29 is 4.74 Å². The van der Waals surface area contributed by atoms with E-state index in [0.29, 0.717) is 17.4 Å². The second-order valence-electron chi connectivity index (χ2n) is 5.66. The summed E-state index contributed by atoms with van der Waals surface area (Å²) in [6.45, 7) is 4.32. The fourth-order valence-electron chi connectivity index (χ4n) is 2.47. The predicted octanol–water partition coefficient (Wildman–Crippen LogP) is 5.32. The number of ether oxygens (including phenoxy) is 1. The lowest BCUT2D eigenvalue weighted by Gasteiger charge is -2.15. The first-order chi connectivity index (χ1) is 10.5. The van der Waals surface area contributed by atoms with Gasteiger partial charge in [-0.2, -0.15) is 5.26 Å². The summed E-state index contributed by atoms with van der Waals surface area (Å²) in [4.78, 5) is 0. The predicted molar refractivity (Wildman–Crippen MR) is 90.6 cm³/mol. The minimum absolute atomic E-state index is 0.214. The average molecular weight is 314 g/mol. The van der Waals surface area contributed by atoms with Crippen molar-refractivity contribution in [1.82, 2.24) is 0 Å². The van der Waals surface area contributed by atoms with Crippen LogP contribution in [0.4, 0.5) is 0 Å². The maximum Gasteiger partial charge on any atom is 0.122 e. The Morgan fingerprint density at radius 2 is 1.73 bits per heavy atom. The van der Waals surface area contributed by atoms with Crippen molar-refractivity contribution in [2.45, 2.75) is 32.1 Å². The first-order valence-electron chi connectivity index (χ1n) is 7.37. The molecule has 0 fully saturated rings. The number of benzene rings is 2. The van der Waals surface area contributed by atoms with Gasteiger partial charge in [0, 0.05) is 5.02 Å². The molecule has 1 atom stereocenters. The summed E-state index contributed by atoms with van der Waals surface area (Å²) in [7, 11) is 1.66. The van der Waals surface area contributed by atoms with E-state index in [2.05, 4.69) is 32.0 Å². The van der Waals surface area contributed by atoms with Crippen LogP contribution in [-0.4, -0.2) is 7.11 Å². The van der Waals surface area contributed by atoms with E-state index < -0.39 is 0 Å². The third-order valence-corrected chi connectivity index (χ3v) is 4.08. The molecule has 0 radical (unpaired) electrons. The van der Waals surface area contributed by atoms with E-state index in [-0.39, 0.29) is 5.92 Å². The molecular formula is C19H20ClNO. The SMILES string of the molecule is COc1ccc(C(C)C)cc1CC(C#N)c1ccc(Cl)cc1. The van der Waals surface area contributed by atoms with E-state index in [0.717, 1.165) is 16.9 Å². The van der Waals surface area contributed by atoms with Gasteiger partial charge in [0.1, 0.15) is 5.75 Å². The summed E-state index contributed by atoms with van der Waals surface area (Å²) in [5, 5.41) is 10.2. The van der Waals surface area contributed by atoms with Crippen LogP contribution in [0.25, 0.3) is 0 Å². The number of hydrogen-bond donors (Lipinski definition) is 0. The van der Waals surface area contributed by atoms with Crippen molar-refractivity contribution in [2.24, 2.45) is 0 Å². The third kappa shape index (κ3) is 3.81. The van der Waals surface area contributed by atoms with E-state index in [1.54, 1.807) is 7.11 Å². The molecule has 3 heteroatoms. The van der Waals surface area contributed by atoms with Crippen molar-refractivity contribution in [1.29, 1.82) is 5.26 Å². The molecule has 1 unspecified atom stereocenters. The molecule has 0 amide bonds. The van der Waals surface area contributed by atoms with Crippen LogP contribution in [0.3, 0.4) is 0 Å². The standard InChI is InChI=1S/C19H20ClNO/c1-13(2)15-6-9-19(22-3)16(10-15)11-17(12-21)14-4-7-18(20)8-5-14/h4-10,13,17H,11H2,1-3H3. The molecule has 0 N–H and O–H groups in total. The van der Waals surface area contributed by atoms with Gasteiger partial charge in [-0.3, -0.25) is 0 Å². The van der Waals surface area contributed by atoms with Crippen LogP contribution >= 0.6 is 11.6 Å². The summed E-state index contributed by atoms with van der Waals surface area (Å²) in [6, 6.07) is 16.1. The lowest BCUT2D eigenvalue weighted by molar-refractivity contribution is 0.408. The minimum atomic E-state index is -0.214. The van der Waals surface area contributed by atoms with E-state index in [9.17, 15) is 5.26 Å². The fraction of sp³-hybridized carbons (Fsp3) is 0.316.